The molecule has 0 spiro atoms. The van der Waals surface area contributed by atoms with E-state index < -0.39 is 0 Å². The first-order valence-corrected chi connectivity index (χ1v) is 9.97. The molecule has 3 aliphatic rings. The van der Waals surface area contributed by atoms with E-state index in [0.717, 1.165) is 26.2 Å². The number of rotatable bonds is 5. The van der Waals surface area contributed by atoms with Crippen molar-refractivity contribution < 1.29 is 4.79 Å². The summed E-state index contributed by atoms with van der Waals surface area (Å²) in [5.41, 5.74) is 1.33. The predicted octanol–water partition coefficient (Wildman–Crippen LogP) is 2.40. The number of piperidine rings is 1. The lowest BCUT2D eigenvalue weighted by Crippen LogP contribution is -2.43. The summed E-state index contributed by atoms with van der Waals surface area (Å²) in [6.45, 7) is 5.95. The Morgan fingerprint density at radius 1 is 1.16 bits per heavy atom. The SMILES string of the molecule is CC1CN(Cc2ccccc2)CC1C(=O)NCC1C[C@H]2CC[C@@H](C1)N2. The Morgan fingerprint density at radius 3 is 2.60 bits per heavy atom. The van der Waals surface area contributed by atoms with Crippen molar-refractivity contribution in [2.45, 2.75) is 51.2 Å². The average molecular weight is 341 g/mol. The number of amides is 1. The zero-order valence-corrected chi connectivity index (χ0v) is 15.3. The first kappa shape index (κ1) is 17.0. The van der Waals surface area contributed by atoms with E-state index in [0.29, 0.717) is 23.9 Å². The van der Waals surface area contributed by atoms with Crippen molar-refractivity contribution in [1.29, 1.82) is 0 Å². The van der Waals surface area contributed by atoms with Crippen LogP contribution in [0.5, 0.6) is 0 Å². The molecule has 0 aromatic heterocycles. The van der Waals surface area contributed by atoms with Crippen molar-refractivity contribution in [3.63, 3.8) is 0 Å². The van der Waals surface area contributed by atoms with Gasteiger partial charge in [0.2, 0.25) is 5.91 Å². The Labute approximate surface area is 151 Å². The number of fused-ring (bicyclic) bond motifs is 2. The van der Waals surface area contributed by atoms with Gasteiger partial charge in [0.25, 0.3) is 0 Å². The van der Waals surface area contributed by atoms with Gasteiger partial charge in [0.05, 0.1) is 5.92 Å². The van der Waals surface area contributed by atoms with Crippen molar-refractivity contribution in [2.75, 3.05) is 19.6 Å². The number of carbonyl (C=O) groups is 1. The molecular formula is C21H31N3O. The molecule has 3 heterocycles. The summed E-state index contributed by atoms with van der Waals surface area (Å²) in [5, 5.41) is 6.96. The maximum absolute atomic E-state index is 12.7. The van der Waals surface area contributed by atoms with Gasteiger partial charge in [-0.2, -0.15) is 0 Å². The minimum Gasteiger partial charge on any atom is -0.356 e. The molecule has 0 saturated carbocycles. The number of nitrogens with zero attached hydrogens (tertiary/aromatic N) is 1. The fourth-order valence-corrected chi connectivity index (χ4v) is 5.10. The van der Waals surface area contributed by atoms with Crippen LogP contribution in [-0.2, 0) is 11.3 Å². The number of nitrogens with one attached hydrogen (secondary N) is 2. The first-order valence-electron chi connectivity index (χ1n) is 9.97. The van der Waals surface area contributed by atoms with Gasteiger partial charge < -0.3 is 10.6 Å². The molecule has 1 amide bonds. The van der Waals surface area contributed by atoms with Gasteiger partial charge in [0.15, 0.2) is 0 Å². The van der Waals surface area contributed by atoms with E-state index in [-0.39, 0.29) is 11.8 Å². The van der Waals surface area contributed by atoms with Gasteiger partial charge in [0.1, 0.15) is 0 Å². The van der Waals surface area contributed by atoms with Crippen LogP contribution in [0, 0.1) is 17.8 Å². The molecule has 4 rings (SSSR count). The highest BCUT2D eigenvalue weighted by molar-refractivity contribution is 5.79. The van der Waals surface area contributed by atoms with E-state index in [4.69, 9.17) is 0 Å². The van der Waals surface area contributed by atoms with E-state index >= 15 is 0 Å². The van der Waals surface area contributed by atoms with Crippen LogP contribution in [0.15, 0.2) is 30.3 Å². The summed E-state index contributed by atoms with van der Waals surface area (Å²) in [6, 6.07) is 12.0. The Bertz CT molecular complexity index is 578. The minimum atomic E-state index is 0.141. The fraction of sp³-hybridized carbons (Fsp3) is 0.667. The first-order chi connectivity index (χ1) is 12.2. The lowest BCUT2D eigenvalue weighted by molar-refractivity contribution is -0.125. The summed E-state index contributed by atoms with van der Waals surface area (Å²) >= 11 is 0. The third-order valence-electron chi connectivity index (χ3n) is 6.41. The summed E-state index contributed by atoms with van der Waals surface area (Å²) in [6.07, 6.45) is 5.11. The number of likely N-dealkylation sites (tertiary alicyclic amines) is 1. The van der Waals surface area contributed by atoms with Gasteiger partial charge in [-0.1, -0.05) is 37.3 Å². The van der Waals surface area contributed by atoms with Gasteiger partial charge in [-0.15, -0.1) is 0 Å². The third-order valence-corrected chi connectivity index (χ3v) is 6.41. The van der Waals surface area contributed by atoms with Crippen molar-refractivity contribution in [3.05, 3.63) is 35.9 Å². The molecule has 3 aliphatic heterocycles. The molecule has 0 radical (unpaired) electrons. The normalized spacial score (nSPS) is 35.0. The third kappa shape index (κ3) is 4.06. The predicted molar refractivity (Wildman–Crippen MR) is 100 cm³/mol. The molecule has 4 heteroatoms. The maximum Gasteiger partial charge on any atom is 0.224 e. The number of hydrogen-bond donors (Lipinski definition) is 2. The standard InChI is InChI=1S/C21H31N3O/c1-15-12-24(13-16-5-3-2-4-6-16)14-20(15)21(25)22-11-17-9-18-7-8-19(10-17)23-18/h2-6,15,17-20,23H,7-14H2,1H3,(H,22,25)/t15?,17?,18-,19+,20?. The summed E-state index contributed by atoms with van der Waals surface area (Å²) in [5.74, 6) is 1.52. The molecule has 1 aromatic rings. The lowest BCUT2D eigenvalue weighted by atomic mass is 9.91. The molecule has 0 aliphatic carbocycles. The molecule has 5 atom stereocenters. The van der Waals surface area contributed by atoms with Crippen LogP contribution < -0.4 is 10.6 Å². The van der Waals surface area contributed by atoms with Crippen molar-refractivity contribution in [2.24, 2.45) is 17.8 Å². The molecule has 3 unspecified atom stereocenters. The fourth-order valence-electron chi connectivity index (χ4n) is 5.10. The smallest absolute Gasteiger partial charge is 0.224 e. The van der Waals surface area contributed by atoms with Crippen molar-refractivity contribution in [3.8, 4) is 0 Å². The minimum absolute atomic E-state index is 0.141. The Hall–Kier alpha value is -1.39. The second-order valence-corrected chi connectivity index (χ2v) is 8.48. The highest BCUT2D eigenvalue weighted by Gasteiger charge is 2.36. The van der Waals surface area contributed by atoms with E-state index in [1.54, 1.807) is 0 Å². The number of benzene rings is 1. The molecule has 136 valence electrons. The molecule has 1 aromatic carbocycles. The average Bonchev–Trinajstić information content (AvgIpc) is 3.15. The van der Waals surface area contributed by atoms with Crippen LogP contribution in [0.2, 0.25) is 0 Å². The van der Waals surface area contributed by atoms with Crippen LogP contribution >= 0.6 is 0 Å². The zero-order chi connectivity index (χ0) is 17.2. The molecule has 4 nitrogen and oxygen atoms in total. The monoisotopic (exact) mass is 341 g/mol. The largest absolute Gasteiger partial charge is 0.356 e. The van der Waals surface area contributed by atoms with E-state index in [9.17, 15) is 4.79 Å². The van der Waals surface area contributed by atoms with Crippen LogP contribution in [0.1, 0.15) is 38.2 Å². The van der Waals surface area contributed by atoms with Crippen LogP contribution in [0.25, 0.3) is 0 Å². The van der Waals surface area contributed by atoms with Gasteiger partial charge in [0, 0.05) is 38.3 Å². The van der Waals surface area contributed by atoms with Crippen LogP contribution in [0.3, 0.4) is 0 Å². The summed E-state index contributed by atoms with van der Waals surface area (Å²) in [7, 11) is 0. The Morgan fingerprint density at radius 2 is 1.88 bits per heavy atom. The second kappa shape index (κ2) is 7.46. The molecule has 3 fully saturated rings. The molecule has 3 saturated heterocycles. The van der Waals surface area contributed by atoms with Crippen LogP contribution in [0.4, 0.5) is 0 Å². The quantitative estimate of drug-likeness (QED) is 0.864. The van der Waals surface area contributed by atoms with Gasteiger partial charge in [-0.3, -0.25) is 9.69 Å². The molecule has 2 N–H and O–H groups in total. The molecular weight excluding hydrogens is 310 g/mol. The number of carbonyl (C=O) groups excluding carboxylic acids is 1. The Balaban J connectivity index is 1.25. The Kier molecular flexibility index (Phi) is 5.09. The van der Waals surface area contributed by atoms with Crippen LogP contribution in [-0.4, -0.2) is 42.5 Å². The second-order valence-electron chi connectivity index (χ2n) is 8.48. The highest BCUT2D eigenvalue weighted by atomic mass is 16.1. The van der Waals surface area contributed by atoms with Gasteiger partial charge >= 0.3 is 0 Å². The molecule has 2 bridgehead atoms. The van der Waals surface area contributed by atoms with Gasteiger partial charge in [-0.05, 0) is 43.1 Å². The van der Waals surface area contributed by atoms with Crippen molar-refractivity contribution >= 4 is 5.91 Å². The molecule has 25 heavy (non-hydrogen) atoms. The highest BCUT2D eigenvalue weighted by Crippen LogP contribution is 2.31. The van der Waals surface area contributed by atoms with E-state index in [2.05, 4.69) is 52.8 Å². The lowest BCUT2D eigenvalue weighted by Gasteiger charge is -2.29. The summed E-state index contributed by atoms with van der Waals surface area (Å²) in [4.78, 5) is 15.1. The van der Waals surface area contributed by atoms with E-state index in [1.165, 1.54) is 31.2 Å². The van der Waals surface area contributed by atoms with E-state index in [1.807, 2.05) is 0 Å². The maximum atomic E-state index is 12.7. The topological polar surface area (TPSA) is 44.4 Å². The van der Waals surface area contributed by atoms with Crippen molar-refractivity contribution in [1.82, 2.24) is 15.5 Å². The zero-order valence-electron chi connectivity index (χ0n) is 15.3. The number of hydrogen-bond acceptors (Lipinski definition) is 3. The summed E-state index contributed by atoms with van der Waals surface area (Å²) < 4.78 is 0. The van der Waals surface area contributed by atoms with Gasteiger partial charge in [-0.25, -0.2) is 0 Å².